The van der Waals surface area contributed by atoms with Crippen LogP contribution < -0.4 is 11.5 Å². The van der Waals surface area contributed by atoms with Gasteiger partial charge in [-0.2, -0.15) is 0 Å². The fraction of sp³-hybridized carbons (Fsp3) is 0.818. The summed E-state index contributed by atoms with van der Waals surface area (Å²) in [7, 11) is 0. The maximum Gasteiger partial charge on any atom is 0.438 e. The number of nitrogens with one attached hydrogen (secondary N) is 1. The van der Waals surface area contributed by atoms with Gasteiger partial charge in [-0.15, -0.1) is 12.4 Å². The lowest BCUT2D eigenvalue weighted by Gasteiger charge is -2.30. The zero-order valence-corrected chi connectivity index (χ0v) is 10.9. The minimum atomic E-state index is -0.587. The van der Waals surface area contributed by atoms with E-state index in [0.717, 1.165) is 12.8 Å². The molecule has 1 unspecified atom stereocenters. The maximum absolute atomic E-state index is 10.9. The molecule has 2 rings (SSSR count). The van der Waals surface area contributed by atoms with Gasteiger partial charge in [-0.25, -0.2) is 4.79 Å². The first-order chi connectivity index (χ1) is 7.60. The monoisotopic (exact) mass is 261 g/mol. The molecule has 1 aliphatic carbocycles. The first kappa shape index (κ1) is 14.3. The minimum absolute atomic E-state index is 0. The molecule has 17 heavy (non-hydrogen) atoms. The van der Waals surface area contributed by atoms with Gasteiger partial charge >= 0.3 is 5.76 Å². The van der Waals surface area contributed by atoms with E-state index in [0.29, 0.717) is 11.7 Å². The molecule has 0 aliphatic heterocycles. The van der Waals surface area contributed by atoms with Crippen molar-refractivity contribution in [3.05, 3.63) is 16.4 Å². The van der Waals surface area contributed by atoms with Gasteiger partial charge in [0.05, 0.1) is 5.54 Å². The number of nitrogens with two attached hydrogens (primary N) is 1. The Bertz CT molecular complexity index is 391. The molecular formula is C11H20ClN3O2. The van der Waals surface area contributed by atoms with Crippen molar-refractivity contribution in [2.75, 3.05) is 0 Å². The van der Waals surface area contributed by atoms with Gasteiger partial charge in [-0.05, 0) is 25.7 Å². The average Bonchev–Trinajstić information content (AvgIpc) is 2.54. The second kappa shape index (κ2) is 5.69. The lowest BCUT2D eigenvalue weighted by Crippen LogP contribution is -2.42. The van der Waals surface area contributed by atoms with E-state index >= 15 is 0 Å². The zero-order chi connectivity index (χ0) is 11.6. The molecule has 0 saturated heterocycles. The molecule has 1 aliphatic rings. The number of rotatable bonds is 2. The second-order valence-corrected chi connectivity index (χ2v) is 4.91. The van der Waals surface area contributed by atoms with Crippen LogP contribution in [0.15, 0.2) is 9.32 Å². The van der Waals surface area contributed by atoms with E-state index in [1.54, 1.807) is 0 Å². The Morgan fingerprint density at radius 2 is 1.94 bits per heavy atom. The van der Waals surface area contributed by atoms with Crippen LogP contribution in [-0.2, 0) is 5.54 Å². The van der Waals surface area contributed by atoms with E-state index in [-0.39, 0.29) is 12.4 Å². The number of nitrogens with zero attached hydrogens (tertiary/aromatic N) is 1. The smallest absolute Gasteiger partial charge is 0.319 e. The van der Waals surface area contributed by atoms with Crippen molar-refractivity contribution in [3.8, 4) is 0 Å². The third-order valence-corrected chi connectivity index (χ3v) is 3.65. The molecule has 0 amide bonds. The van der Waals surface area contributed by atoms with Crippen LogP contribution in [0.3, 0.4) is 0 Å². The van der Waals surface area contributed by atoms with Crippen molar-refractivity contribution < 1.29 is 4.52 Å². The molecule has 0 spiro atoms. The predicted molar refractivity (Wildman–Crippen MR) is 67.1 cm³/mol. The Labute approximate surface area is 107 Å². The van der Waals surface area contributed by atoms with E-state index in [9.17, 15) is 4.79 Å². The van der Waals surface area contributed by atoms with Crippen LogP contribution in [0, 0.1) is 5.92 Å². The largest absolute Gasteiger partial charge is 0.438 e. The quantitative estimate of drug-likeness (QED) is 0.797. The van der Waals surface area contributed by atoms with E-state index < -0.39 is 11.3 Å². The van der Waals surface area contributed by atoms with Gasteiger partial charge in [0.25, 0.3) is 0 Å². The summed E-state index contributed by atoms with van der Waals surface area (Å²) in [4.78, 5) is 13.5. The van der Waals surface area contributed by atoms with Gasteiger partial charge < -0.3 is 5.73 Å². The number of hydrogen-bond donors (Lipinski definition) is 2. The van der Waals surface area contributed by atoms with Gasteiger partial charge in [0.15, 0.2) is 5.82 Å². The molecule has 1 saturated carbocycles. The predicted octanol–water partition coefficient (Wildman–Crippen LogP) is 1.93. The molecule has 0 aromatic carbocycles. The Morgan fingerprint density at radius 3 is 2.41 bits per heavy atom. The summed E-state index contributed by atoms with van der Waals surface area (Å²) < 4.78 is 4.53. The Kier molecular flexibility index (Phi) is 4.77. The maximum atomic E-state index is 10.9. The molecule has 3 N–H and O–H groups in total. The summed E-state index contributed by atoms with van der Waals surface area (Å²) in [5, 5.41) is 3.73. The Balaban J connectivity index is 0.00000144. The highest BCUT2D eigenvalue weighted by Crippen LogP contribution is 2.34. The van der Waals surface area contributed by atoms with Gasteiger partial charge in [0, 0.05) is 0 Å². The molecule has 1 aromatic heterocycles. The number of hydrogen-bond acceptors (Lipinski definition) is 4. The molecule has 0 radical (unpaired) electrons. The lowest BCUT2D eigenvalue weighted by molar-refractivity contribution is 0.246. The molecule has 1 atom stereocenters. The van der Waals surface area contributed by atoms with Crippen molar-refractivity contribution in [2.24, 2.45) is 11.7 Å². The highest BCUT2D eigenvalue weighted by atomic mass is 35.5. The summed E-state index contributed by atoms with van der Waals surface area (Å²) in [6, 6.07) is 0. The molecule has 1 heterocycles. The molecule has 98 valence electrons. The number of aromatic amines is 1. The first-order valence-corrected chi connectivity index (χ1v) is 5.96. The van der Waals surface area contributed by atoms with Crippen molar-refractivity contribution >= 4 is 12.4 Å². The van der Waals surface area contributed by atoms with E-state index in [4.69, 9.17) is 5.73 Å². The van der Waals surface area contributed by atoms with Crippen LogP contribution in [0.2, 0.25) is 0 Å². The van der Waals surface area contributed by atoms with Gasteiger partial charge in [-0.1, -0.05) is 30.8 Å². The van der Waals surface area contributed by atoms with E-state index in [1.807, 2.05) is 6.92 Å². The third kappa shape index (κ3) is 3.10. The summed E-state index contributed by atoms with van der Waals surface area (Å²) >= 11 is 0. The second-order valence-electron chi connectivity index (χ2n) is 4.91. The van der Waals surface area contributed by atoms with Crippen molar-refractivity contribution in [3.63, 3.8) is 0 Å². The highest BCUT2D eigenvalue weighted by Gasteiger charge is 2.35. The van der Waals surface area contributed by atoms with Crippen LogP contribution in [0.1, 0.15) is 51.3 Å². The summed E-state index contributed by atoms with van der Waals surface area (Å²) in [6.45, 7) is 1.93. The Morgan fingerprint density at radius 1 is 1.35 bits per heavy atom. The average molecular weight is 262 g/mol. The Hall–Kier alpha value is -0.810. The number of halogens is 1. The van der Waals surface area contributed by atoms with Crippen LogP contribution >= 0.6 is 12.4 Å². The number of aromatic nitrogens is 2. The first-order valence-electron chi connectivity index (χ1n) is 5.96. The zero-order valence-electron chi connectivity index (χ0n) is 10.1. The SMILES string of the molecule is CC(N)(c1noc(=O)[nH]1)C1CCCCCC1.Cl. The summed E-state index contributed by atoms with van der Waals surface area (Å²) in [5.74, 6) is 0.320. The van der Waals surface area contributed by atoms with Gasteiger partial charge in [0.1, 0.15) is 0 Å². The fourth-order valence-corrected chi connectivity index (χ4v) is 2.53. The van der Waals surface area contributed by atoms with E-state index in [2.05, 4.69) is 14.7 Å². The van der Waals surface area contributed by atoms with Crippen LogP contribution in [-0.4, -0.2) is 10.1 Å². The highest BCUT2D eigenvalue weighted by molar-refractivity contribution is 5.85. The fourth-order valence-electron chi connectivity index (χ4n) is 2.53. The molecular weight excluding hydrogens is 242 g/mol. The van der Waals surface area contributed by atoms with Crippen LogP contribution in [0.25, 0.3) is 0 Å². The van der Waals surface area contributed by atoms with Gasteiger partial charge in [0.2, 0.25) is 0 Å². The summed E-state index contributed by atoms with van der Waals surface area (Å²) in [5.41, 5.74) is 5.72. The van der Waals surface area contributed by atoms with Gasteiger partial charge in [-0.3, -0.25) is 9.51 Å². The molecule has 1 aromatic rings. The molecule has 6 heteroatoms. The minimum Gasteiger partial charge on any atom is -0.319 e. The van der Waals surface area contributed by atoms with Crippen LogP contribution in [0.4, 0.5) is 0 Å². The normalized spacial score (nSPS) is 21.3. The molecule has 1 fully saturated rings. The number of H-pyrrole nitrogens is 1. The molecule has 5 nitrogen and oxygen atoms in total. The lowest BCUT2D eigenvalue weighted by atomic mass is 9.80. The molecule has 0 bridgehead atoms. The summed E-state index contributed by atoms with van der Waals surface area (Å²) in [6.07, 6.45) is 7.17. The third-order valence-electron chi connectivity index (χ3n) is 3.65. The van der Waals surface area contributed by atoms with Crippen molar-refractivity contribution in [1.29, 1.82) is 0 Å². The van der Waals surface area contributed by atoms with Crippen LogP contribution in [0.5, 0.6) is 0 Å². The van der Waals surface area contributed by atoms with E-state index in [1.165, 1.54) is 25.7 Å². The standard InChI is InChI=1S/C11H19N3O2.ClH/c1-11(12,9-13-10(15)16-14-9)8-6-4-2-3-5-7-8;/h8H,2-7,12H2,1H3,(H,13,14,15);1H. The van der Waals surface area contributed by atoms with Crippen molar-refractivity contribution in [2.45, 2.75) is 51.0 Å². The van der Waals surface area contributed by atoms with Crippen molar-refractivity contribution in [1.82, 2.24) is 10.1 Å². The topological polar surface area (TPSA) is 84.9 Å².